The number of hydrogen-bond acceptors (Lipinski definition) is 1. The summed E-state index contributed by atoms with van der Waals surface area (Å²) in [6.45, 7) is 3.98. The SMILES string of the molecule is Cc1oc[n+](C)c1C. The molecule has 0 saturated carbocycles. The van der Waals surface area contributed by atoms with Gasteiger partial charge >= 0.3 is 6.39 Å². The van der Waals surface area contributed by atoms with E-state index in [1.165, 1.54) is 5.69 Å². The largest absolute Gasteiger partial charge is 0.409 e. The van der Waals surface area contributed by atoms with E-state index in [4.69, 9.17) is 4.42 Å². The van der Waals surface area contributed by atoms with E-state index in [1.54, 1.807) is 6.39 Å². The molecule has 2 heteroatoms. The van der Waals surface area contributed by atoms with Crippen LogP contribution in [-0.2, 0) is 7.05 Å². The van der Waals surface area contributed by atoms with Crippen molar-refractivity contribution in [2.75, 3.05) is 0 Å². The van der Waals surface area contributed by atoms with Crippen molar-refractivity contribution < 1.29 is 8.98 Å². The molecule has 0 aliphatic heterocycles. The predicted octanol–water partition coefficient (Wildman–Crippen LogP) is 0.721. The van der Waals surface area contributed by atoms with Crippen LogP contribution in [0.15, 0.2) is 10.8 Å². The van der Waals surface area contributed by atoms with E-state index >= 15 is 0 Å². The van der Waals surface area contributed by atoms with Crippen LogP contribution in [0.25, 0.3) is 0 Å². The summed E-state index contributed by atoms with van der Waals surface area (Å²) >= 11 is 0. The lowest BCUT2D eigenvalue weighted by Crippen LogP contribution is -2.27. The van der Waals surface area contributed by atoms with Crippen LogP contribution in [0, 0.1) is 13.8 Å². The van der Waals surface area contributed by atoms with Crippen molar-refractivity contribution in [3.63, 3.8) is 0 Å². The van der Waals surface area contributed by atoms with Crippen molar-refractivity contribution in [3.05, 3.63) is 17.8 Å². The minimum Gasteiger partial charge on any atom is -0.409 e. The second-order valence-electron chi connectivity index (χ2n) is 1.98. The lowest BCUT2D eigenvalue weighted by molar-refractivity contribution is -0.680. The van der Waals surface area contributed by atoms with Crippen molar-refractivity contribution in [2.24, 2.45) is 7.05 Å². The van der Waals surface area contributed by atoms with Gasteiger partial charge in [0.05, 0.1) is 0 Å². The van der Waals surface area contributed by atoms with E-state index in [-0.39, 0.29) is 0 Å². The Kier molecular flexibility index (Phi) is 1.08. The Balaban J connectivity index is 3.19. The number of nitrogens with zero attached hydrogens (tertiary/aromatic N) is 1. The van der Waals surface area contributed by atoms with Gasteiger partial charge in [0, 0.05) is 13.8 Å². The van der Waals surface area contributed by atoms with E-state index in [9.17, 15) is 0 Å². The van der Waals surface area contributed by atoms with Crippen LogP contribution in [-0.4, -0.2) is 0 Å². The molecule has 0 spiro atoms. The molecule has 0 saturated heterocycles. The summed E-state index contributed by atoms with van der Waals surface area (Å²) in [5.74, 6) is 0.993. The van der Waals surface area contributed by atoms with Crippen LogP contribution in [0.4, 0.5) is 0 Å². The van der Waals surface area contributed by atoms with Gasteiger partial charge in [-0.05, 0) is 0 Å². The Hall–Kier alpha value is -0.790. The molecule has 0 atom stereocenters. The Morgan fingerprint density at radius 2 is 2.12 bits per heavy atom. The van der Waals surface area contributed by atoms with E-state index in [2.05, 4.69) is 0 Å². The summed E-state index contributed by atoms with van der Waals surface area (Å²) in [5.41, 5.74) is 1.19. The summed E-state index contributed by atoms with van der Waals surface area (Å²) < 4.78 is 7.01. The highest BCUT2D eigenvalue weighted by Crippen LogP contribution is 1.97. The molecule has 1 aromatic heterocycles. The molecule has 0 unspecified atom stereocenters. The van der Waals surface area contributed by atoms with Crippen molar-refractivity contribution in [1.82, 2.24) is 0 Å². The maximum absolute atomic E-state index is 5.06. The first-order valence-electron chi connectivity index (χ1n) is 2.62. The van der Waals surface area contributed by atoms with Gasteiger partial charge in [-0.1, -0.05) is 0 Å². The summed E-state index contributed by atoms with van der Waals surface area (Å²) in [7, 11) is 1.96. The molecule has 0 aromatic carbocycles. The van der Waals surface area contributed by atoms with Gasteiger partial charge in [0.2, 0.25) is 5.69 Å². The predicted molar refractivity (Wildman–Crippen MR) is 29.4 cm³/mol. The normalized spacial score (nSPS) is 9.88. The maximum atomic E-state index is 5.06. The van der Waals surface area contributed by atoms with E-state index in [1.807, 2.05) is 25.5 Å². The molecule has 0 amide bonds. The molecule has 2 nitrogen and oxygen atoms in total. The average Bonchev–Trinajstić information content (AvgIpc) is 1.98. The lowest BCUT2D eigenvalue weighted by Gasteiger charge is -1.76. The zero-order valence-electron chi connectivity index (χ0n) is 5.43. The first kappa shape index (κ1) is 5.35. The summed E-state index contributed by atoms with van der Waals surface area (Å²) in [5, 5.41) is 0. The van der Waals surface area contributed by atoms with Gasteiger partial charge < -0.3 is 4.42 Å². The third kappa shape index (κ3) is 0.619. The van der Waals surface area contributed by atoms with Gasteiger partial charge in [0.25, 0.3) is 0 Å². The highest BCUT2D eigenvalue weighted by atomic mass is 16.3. The Morgan fingerprint density at radius 3 is 2.25 bits per heavy atom. The number of aryl methyl sites for hydroxylation is 2. The Labute approximate surface area is 48.8 Å². The van der Waals surface area contributed by atoms with Crippen LogP contribution < -0.4 is 4.57 Å². The van der Waals surface area contributed by atoms with Crippen LogP contribution in [0.1, 0.15) is 11.5 Å². The minimum absolute atomic E-state index is 0.993. The quantitative estimate of drug-likeness (QED) is 0.452. The molecule has 0 N–H and O–H groups in total. The summed E-state index contributed by atoms with van der Waals surface area (Å²) in [6, 6.07) is 0. The molecular weight excluding hydrogens is 102 g/mol. The molecule has 44 valence electrons. The molecule has 1 rings (SSSR count). The van der Waals surface area contributed by atoms with Gasteiger partial charge in [0.15, 0.2) is 5.76 Å². The van der Waals surface area contributed by atoms with Crippen molar-refractivity contribution in [2.45, 2.75) is 13.8 Å². The molecule has 0 bridgehead atoms. The zero-order chi connectivity index (χ0) is 6.15. The molecule has 8 heavy (non-hydrogen) atoms. The first-order valence-corrected chi connectivity index (χ1v) is 2.62. The standard InChI is InChI=1S/C6H10NO/c1-5-6(2)8-4-7(5)3/h4H,1-3H3/q+1. The first-order chi connectivity index (χ1) is 3.72. The van der Waals surface area contributed by atoms with E-state index in [0.717, 1.165) is 5.76 Å². The number of oxazole rings is 1. The molecular formula is C6H10NO+. The fourth-order valence-electron chi connectivity index (χ4n) is 0.571. The van der Waals surface area contributed by atoms with Crippen molar-refractivity contribution >= 4 is 0 Å². The monoisotopic (exact) mass is 112 g/mol. The maximum Gasteiger partial charge on any atom is 0.334 e. The summed E-state index contributed by atoms with van der Waals surface area (Å²) in [6.07, 6.45) is 1.70. The average molecular weight is 112 g/mol. The van der Waals surface area contributed by atoms with Gasteiger partial charge in [-0.2, -0.15) is 4.57 Å². The fourth-order valence-corrected chi connectivity index (χ4v) is 0.571. The van der Waals surface area contributed by atoms with Crippen molar-refractivity contribution in [3.8, 4) is 0 Å². The molecule has 1 heterocycles. The topological polar surface area (TPSA) is 17.0 Å². The third-order valence-corrected chi connectivity index (χ3v) is 1.43. The number of hydrogen-bond donors (Lipinski definition) is 0. The van der Waals surface area contributed by atoms with Crippen LogP contribution >= 0.6 is 0 Å². The van der Waals surface area contributed by atoms with Gasteiger partial charge in [0.1, 0.15) is 7.05 Å². The molecule has 0 aliphatic carbocycles. The second kappa shape index (κ2) is 1.62. The lowest BCUT2D eigenvalue weighted by atomic mass is 10.4. The Bertz CT molecular complexity index is 171. The second-order valence-corrected chi connectivity index (χ2v) is 1.98. The zero-order valence-corrected chi connectivity index (χ0v) is 5.43. The highest BCUT2D eigenvalue weighted by molar-refractivity contribution is 4.93. The van der Waals surface area contributed by atoms with Crippen LogP contribution in [0.3, 0.4) is 0 Å². The Morgan fingerprint density at radius 1 is 1.50 bits per heavy atom. The minimum atomic E-state index is 0.993. The van der Waals surface area contributed by atoms with Crippen molar-refractivity contribution in [1.29, 1.82) is 0 Å². The number of aromatic nitrogens is 1. The summed E-state index contributed by atoms with van der Waals surface area (Å²) in [4.78, 5) is 0. The van der Waals surface area contributed by atoms with E-state index in [0.29, 0.717) is 0 Å². The fraction of sp³-hybridized carbons (Fsp3) is 0.500. The van der Waals surface area contributed by atoms with Gasteiger partial charge in [-0.25, -0.2) is 0 Å². The van der Waals surface area contributed by atoms with Gasteiger partial charge in [-0.3, -0.25) is 0 Å². The van der Waals surface area contributed by atoms with Gasteiger partial charge in [-0.15, -0.1) is 0 Å². The molecule has 1 aromatic rings. The smallest absolute Gasteiger partial charge is 0.334 e. The van der Waals surface area contributed by atoms with Crippen LogP contribution in [0.2, 0.25) is 0 Å². The van der Waals surface area contributed by atoms with Crippen LogP contribution in [0.5, 0.6) is 0 Å². The molecule has 0 fully saturated rings. The third-order valence-electron chi connectivity index (χ3n) is 1.43. The van der Waals surface area contributed by atoms with E-state index < -0.39 is 0 Å². The molecule has 0 aliphatic rings. The highest BCUT2D eigenvalue weighted by Gasteiger charge is 2.06. The number of rotatable bonds is 0. The molecule has 0 radical (unpaired) electrons.